The maximum absolute atomic E-state index is 10.6. The topological polar surface area (TPSA) is 121 Å². The highest BCUT2D eigenvalue weighted by Crippen LogP contribution is 2.23. The molecule has 106 valence electrons. The van der Waals surface area contributed by atoms with Crippen molar-refractivity contribution in [2.45, 2.75) is 18.4 Å². The van der Waals surface area contributed by atoms with E-state index in [2.05, 4.69) is 10.3 Å². The minimum absolute atomic E-state index is 0.0786. The normalized spacial score (nSPS) is 17.2. The van der Waals surface area contributed by atoms with Gasteiger partial charge in [0, 0.05) is 38.7 Å². The lowest BCUT2D eigenvalue weighted by Gasteiger charge is -2.32. The Morgan fingerprint density at radius 2 is 2.30 bits per heavy atom. The monoisotopic (exact) mass is 278 g/mol. The van der Waals surface area contributed by atoms with Gasteiger partial charge in [-0.05, 0) is 0 Å². The zero-order chi connectivity index (χ0) is 14.6. The molecule has 1 aromatic rings. The molecule has 8 nitrogen and oxygen atoms in total. The van der Waals surface area contributed by atoms with Crippen molar-refractivity contribution in [2.24, 2.45) is 0 Å². The van der Waals surface area contributed by atoms with Crippen LogP contribution in [0, 0.1) is 21.4 Å². The van der Waals surface area contributed by atoms with Crippen LogP contribution in [0.4, 0.5) is 11.5 Å². The third-order valence-corrected chi connectivity index (χ3v) is 3.21. The number of nitrogens with one attached hydrogen (secondary N) is 1. The first-order valence-electron chi connectivity index (χ1n) is 6.13. The molecule has 1 fully saturated rings. The van der Waals surface area contributed by atoms with Gasteiger partial charge >= 0.3 is 0 Å². The summed E-state index contributed by atoms with van der Waals surface area (Å²) in [5.74, 6) is 0.234. The molecule has 20 heavy (non-hydrogen) atoms. The van der Waals surface area contributed by atoms with Gasteiger partial charge in [0.15, 0.2) is 0 Å². The Balaban J connectivity index is 2.09. The van der Waals surface area contributed by atoms with Crippen molar-refractivity contribution in [3.63, 3.8) is 0 Å². The quantitative estimate of drug-likeness (QED) is 0.617. The zero-order valence-electron chi connectivity index (χ0n) is 10.7. The highest BCUT2D eigenvalue weighted by molar-refractivity contribution is 5.55. The number of nitrogens with zero attached hydrogens (tertiary/aromatic N) is 3. The Hall–Kier alpha value is -2.24. The first kappa shape index (κ1) is 14.2. The van der Waals surface area contributed by atoms with Gasteiger partial charge in [0.1, 0.15) is 23.6 Å². The number of pyridine rings is 1. The summed E-state index contributed by atoms with van der Waals surface area (Å²) < 4.78 is 5.17. The molecule has 2 heterocycles. The van der Waals surface area contributed by atoms with Crippen LogP contribution < -0.4 is 5.32 Å². The molecule has 8 heteroatoms. The summed E-state index contributed by atoms with van der Waals surface area (Å²) >= 11 is 0. The van der Waals surface area contributed by atoms with E-state index in [4.69, 9.17) is 10.00 Å². The molecule has 0 amide bonds. The number of hydrogen-bond acceptors (Lipinski definition) is 7. The maximum Gasteiger partial charge on any atom is 0.289 e. The molecule has 2 rings (SSSR count). The second-order valence-electron chi connectivity index (χ2n) is 4.65. The number of nitro groups is 1. The van der Waals surface area contributed by atoms with Crippen molar-refractivity contribution >= 4 is 11.5 Å². The van der Waals surface area contributed by atoms with E-state index in [0.717, 1.165) is 12.3 Å². The molecule has 0 atom stereocenters. The summed E-state index contributed by atoms with van der Waals surface area (Å²) in [5, 5.41) is 32.8. The van der Waals surface area contributed by atoms with Gasteiger partial charge in [0.2, 0.25) is 0 Å². The standard InChI is InChI=1S/C12H14N4O4/c13-6-9-5-10(16(18)19)7-14-11(9)15-8-12(17)1-3-20-4-2-12/h5,7,17H,1-4,8H2,(H,14,15). The fourth-order valence-corrected chi connectivity index (χ4v) is 1.96. The number of rotatable bonds is 4. The predicted octanol–water partition coefficient (Wildman–Crippen LogP) is 0.815. The summed E-state index contributed by atoms with van der Waals surface area (Å²) in [5.41, 5.74) is -1.07. The molecule has 0 saturated carbocycles. The van der Waals surface area contributed by atoms with Crippen molar-refractivity contribution < 1.29 is 14.8 Å². The van der Waals surface area contributed by atoms with Crippen molar-refractivity contribution in [1.82, 2.24) is 4.98 Å². The molecule has 0 aliphatic carbocycles. The molecule has 1 aliphatic rings. The number of aromatic nitrogens is 1. The van der Waals surface area contributed by atoms with Gasteiger partial charge in [0.05, 0.1) is 10.5 Å². The summed E-state index contributed by atoms with van der Waals surface area (Å²) in [6, 6.07) is 3.01. The van der Waals surface area contributed by atoms with Crippen molar-refractivity contribution in [1.29, 1.82) is 5.26 Å². The SMILES string of the molecule is N#Cc1cc([N+](=O)[O-])cnc1NCC1(O)CCOCC1. The average molecular weight is 278 g/mol. The van der Waals surface area contributed by atoms with E-state index in [-0.39, 0.29) is 23.6 Å². The van der Waals surface area contributed by atoms with Crippen LogP contribution in [0.1, 0.15) is 18.4 Å². The predicted molar refractivity (Wildman–Crippen MR) is 69.1 cm³/mol. The Kier molecular flexibility index (Phi) is 4.12. The average Bonchev–Trinajstić information content (AvgIpc) is 2.45. The third kappa shape index (κ3) is 3.20. The van der Waals surface area contributed by atoms with Gasteiger partial charge < -0.3 is 15.2 Å². The number of aliphatic hydroxyl groups is 1. The van der Waals surface area contributed by atoms with E-state index in [1.165, 1.54) is 0 Å². The van der Waals surface area contributed by atoms with Crippen LogP contribution in [-0.4, -0.2) is 40.4 Å². The van der Waals surface area contributed by atoms with E-state index in [9.17, 15) is 15.2 Å². The minimum Gasteiger partial charge on any atom is -0.388 e. The van der Waals surface area contributed by atoms with Crippen LogP contribution in [0.15, 0.2) is 12.3 Å². The van der Waals surface area contributed by atoms with Gasteiger partial charge in [-0.1, -0.05) is 0 Å². The molecular weight excluding hydrogens is 264 g/mol. The van der Waals surface area contributed by atoms with Crippen LogP contribution in [0.25, 0.3) is 0 Å². The van der Waals surface area contributed by atoms with Crippen molar-refractivity contribution in [2.75, 3.05) is 25.1 Å². The number of ether oxygens (including phenoxy) is 1. The summed E-state index contributed by atoms with van der Waals surface area (Å²) in [4.78, 5) is 13.9. The first-order valence-corrected chi connectivity index (χ1v) is 6.13. The molecule has 0 unspecified atom stereocenters. The number of nitriles is 1. The molecule has 0 radical (unpaired) electrons. The smallest absolute Gasteiger partial charge is 0.289 e. The summed E-state index contributed by atoms with van der Waals surface area (Å²) in [7, 11) is 0. The molecule has 1 saturated heterocycles. The molecular formula is C12H14N4O4. The molecule has 0 aromatic carbocycles. The van der Waals surface area contributed by atoms with Crippen LogP contribution in [0.3, 0.4) is 0 Å². The summed E-state index contributed by atoms with van der Waals surface area (Å²) in [6.45, 7) is 1.18. The Morgan fingerprint density at radius 1 is 1.60 bits per heavy atom. The first-order chi connectivity index (χ1) is 9.54. The van der Waals surface area contributed by atoms with Crippen LogP contribution in [0.5, 0.6) is 0 Å². The van der Waals surface area contributed by atoms with Gasteiger partial charge in [-0.2, -0.15) is 5.26 Å². The fraction of sp³-hybridized carbons (Fsp3) is 0.500. The summed E-state index contributed by atoms with van der Waals surface area (Å²) in [6.07, 6.45) is 2.07. The second-order valence-corrected chi connectivity index (χ2v) is 4.65. The van der Waals surface area contributed by atoms with E-state index in [0.29, 0.717) is 26.1 Å². The van der Waals surface area contributed by atoms with Crippen LogP contribution in [0.2, 0.25) is 0 Å². The third-order valence-electron chi connectivity index (χ3n) is 3.21. The highest BCUT2D eigenvalue weighted by atomic mass is 16.6. The van der Waals surface area contributed by atoms with Gasteiger partial charge in [-0.15, -0.1) is 0 Å². The molecule has 1 aliphatic heterocycles. The van der Waals surface area contributed by atoms with Crippen molar-refractivity contribution in [3.8, 4) is 6.07 Å². The number of hydrogen-bond donors (Lipinski definition) is 2. The lowest BCUT2D eigenvalue weighted by molar-refractivity contribution is -0.385. The Bertz CT molecular complexity index is 549. The Labute approximate surface area is 115 Å². The molecule has 0 spiro atoms. The Morgan fingerprint density at radius 3 is 2.90 bits per heavy atom. The van der Waals surface area contributed by atoms with E-state index in [1.807, 2.05) is 6.07 Å². The minimum atomic E-state index is -0.908. The lowest BCUT2D eigenvalue weighted by atomic mass is 9.94. The molecule has 1 aromatic heterocycles. The highest BCUT2D eigenvalue weighted by Gasteiger charge is 2.30. The van der Waals surface area contributed by atoms with Crippen LogP contribution >= 0.6 is 0 Å². The van der Waals surface area contributed by atoms with Gasteiger partial charge in [-0.25, -0.2) is 4.98 Å². The van der Waals surface area contributed by atoms with E-state index < -0.39 is 10.5 Å². The molecule has 0 bridgehead atoms. The fourth-order valence-electron chi connectivity index (χ4n) is 1.96. The van der Waals surface area contributed by atoms with Gasteiger partial charge in [0.25, 0.3) is 5.69 Å². The lowest BCUT2D eigenvalue weighted by Crippen LogP contribution is -2.42. The maximum atomic E-state index is 10.6. The molecule has 2 N–H and O–H groups in total. The van der Waals surface area contributed by atoms with Gasteiger partial charge in [-0.3, -0.25) is 10.1 Å². The van der Waals surface area contributed by atoms with E-state index >= 15 is 0 Å². The largest absolute Gasteiger partial charge is 0.388 e. The van der Waals surface area contributed by atoms with Crippen molar-refractivity contribution in [3.05, 3.63) is 27.9 Å². The number of anilines is 1. The second kappa shape index (κ2) is 5.81. The zero-order valence-corrected chi connectivity index (χ0v) is 10.7. The van der Waals surface area contributed by atoms with Crippen LogP contribution in [-0.2, 0) is 4.74 Å². The van der Waals surface area contributed by atoms with E-state index in [1.54, 1.807) is 0 Å².